The van der Waals surface area contributed by atoms with E-state index >= 15 is 0 Å². The molecular formula is C26H30F3N5O2. The van der Waals surface area contributed by atoms with E-state index in [1.807, 2.05) is 18.2 Å². The van der Waals surface area contributed by atoms with Gasteiger partial charge in [0.1, 0.15) is 0 Å². The lowest BCUT2D eigenvalue weighted by Crippen LogP contribution is -2.46. The van der Waals surface area contributed by atoms with E-state index in [9.17, 15) is 13.2 Å². The van der Waals surface area contributed by atoms with Gasteiger partial charge in [-0.3, -0.25) is 4.90 Å². The number of nitrogens with zero attached hydrogens (tertiary/aromatic N) is 4. The van der Waals surface area contributed by atoms with Gasteiger partial charge in [-0.2, -0.15) is 13.2 Å². The van der Waals surface area contributed by atoms with E-state index in [0.717, 1.165) is 61.8 Å². The zero-order chi connectivity index (χ0) is 25.7. The highest BCUT2D eigenvalue weighted by Gasteiger charge is 2.38. The third-order valence-corrected chi connectivity index (χ3v) is 6.22. The Kier molecular flexibility index (Phi) is 7.93. The van der Waals surface area contributed by atoms with Crippen LogP contribution in [0.5, 0.6) is 0 Å². The van der Waals surface area contributed by atoms with Gasteiger partial charge in [-0.25, -0.2) is 14.8 Å². The maximum atomic E-state index is 10.6. The number of rotatable bonds is 6. The van der Waals surface area contributed by atoms with Crippen molar-refractivity contribution >= 4 is 28.6 Å². The summed E-state index contributed by atoms with van der Waals surface area (Å²) in [6, 6.07) is 17.8. The average molecular weight is 502 g/mol. The first-order valence-electron chi connectivity index (χ1n) is 12.1. The second kappa shape index (κ2) is 11.1. The molecule has 2 heterocycles. The first-order valence-corrected chi connectivity index (χ1v) is 12.1. The van der Waals surface area contributed by atoms with Crippen molar-refractivity contribution in [2.24, 2.45) is 0 Å². The Morgan fingerprint density at radius 2 is 1.53 bits per heavy atom. The molecule has 0 atom stereocenters. The summed E-state index contributed by atoms with van der Waals surface area (Å²) in [5.74, 6) is -0.787. The van der Waals surface area contributed by atoms with Crippen LogP contribution in [0.25, 0.3) is 11.0 Å². The minimum absolute atomic E-state index is 0.566. The lowest BCUT2D eigenvalue weighted by atomic mass is 10.1. The summed E-state index contributed by atoms with van der Waals surface area (Å²) in [6.45, 7) is 7.29. The fraction of sp³-hybridized carbons (Fsp3) is 0.423. The van der Waals surface area contributed by atoms with Gasteiger partial charge in [0.25, 0.3) is 0 Å². The number of carbonyl (C=O) groups is 1. The second-order valence-electron chi connectivity index (χ2n) is 9.04. The molecule has 3 aromatic rings. The van der Waals surface area contributed by atoms with E-state index < -0.39 is 12.1 Å². The van der Waals surface area contributed by atoms with E-state index in [0.29, 0.717) is 6.04 Å². The maximum Gasteiger partial charge on any atom is 0.490 e. The van der Waals surface area contributed by atoms with Crippen molar-refractivity contribution in [2.45, 2.75) is 44.9 Å². The fourth-order valence-electron chi connectivity index (χ4n) is 3.99. The summed E-state index contributed by atoms with van der Waals surface area (Å²) in [7, 11) is 0. The third kappa shape index (κ3) is 6.84. The SMILES string of the molecule is CCc1ccc(CN2CCN(c3nc4ccccc4nc3NC3CC3)CC2)cc1.O=C(O)C(F)(F)F. The van der Waals surface area contributed by atoms with Gasteiger partial charge in [-0.15, -0.1) is 0 Å². The van der Waals surface area contributed by atoms with Gasteiger partial charge in [0.15, 0.2) is 11.6 Å². The van der Waals surface area contributed by atoms with Gasteiger partial charge in [0.2, 0.25) is 0 Å². The van der Waals surface area contributed by atoms with Crippen molar-refractivity contribution in [3.8, 4) is 0 Å². The number of aryl methyl sites for hydroxylation is 1. The largest absolute Gasteiger partial charge is 0.490 e. The molecule has 1 aliphatic heterocycles. The van der Waals surface area contributed by atoms with E-state index in [-0.39, 0.29) is 0 Å². The van der Waals surface area contributed by atoms with Crippen LogP contribution in [-0.4, -0.2) is 64.3 Å². The molecule has 36 heavy (non-hydrogen) atoms. The van der Waals surface area contributed by atoms with Crippen molar-refractivity contribution in [1.29, 1.82) is 0 Å². The predicted octanol–water partition coefficient (Wildman–Crippen LogP) is 4.72. The highest BCUT2D eigenvalue weighted by atomic mass is 19.4. The van der Waals surface area contributed by atoms with E-state index in [1.54, 1.807) is 0 Å². The molecule has 5 rings (SSSR count). The summed E-state index contributed by atoms with van der Waals surface area (Å²) in [5, 5.41) is 10.7. The topological polar surface area (TPSA) is 81.6 Å². The molecule has 0 amide bonds. The predicted molar refractivity (Wildman–Crippen MR) is 133 cm³/mol. The zero-order valence-corrected chi connectivity index (χ0v) is 20.1. The number of aliphatic carboxylic acids is 1. The van der Waals surface area contributed by atoms with Crippen LogP contribution < -0.4 is 10.2 Å². The van der Waals surface area contributed by atoms with E-state index in [4.69, 9.17) is 19.9 Å². The Balaban J connectivity index is 0.000000384. The van der Waals surface area contributed by atoms with Gasteiger partial charge in [-0.1, -0.05) is 43.3 Å². The van der Waals surface area contributed by atoms with Crippen LogP contribution in [-0.2, 0) is 17.8 Å². The molecule has 10 heteroatoms. The molecule has 7 nitrogen and oxygen atoms in total. The molecule has 0 radical (unpaired) electrons. The normalized spacial score (nSPS) is 16.4. The van der Waals surface area contributed by atoms with Gasteiger partial charge < -0.3 is 15.3 Å². The van der Waals surface area contributed by atoms with Crippen molar-refractivity contribution in [1.82, 2.24) is 14.9 Å². The first-order chi connectivity index (χ1) is 17.2. The first kappa shape index (κ1) is 25.7. The zero-order valence-electron chi connectivity index (χ0n) is 20.1. The van der Waals surface area contributed by atoms with E-state index in [1.165, 1.54) is 24.0 Å². The monoisotopic (exact) mass is 501 g/mol. The molecule has 1 saturated carbocycles. The number of hydrogen-bond acceptors (Lipinski definition) is 6. The molecule has 0 bridgehead atoms. The average Bonchev–Trinajstić information content (AvgIpc) is 3.68. The van der Waals surface area contributed by atoms with Crippen LogP contribution in [0.3, 0.4) is 0 Å². The Bertz CT molecular complexity index is 1170. The third-order valence-electron chi connectivity index (χ3n) is 6.22. The maximum absolute atomic E-state index is 10.6. The highest BCUT2D eigenvalue weighted by Crippen LogP contribution is 2.31. The fourth-order valence-corrected chi connectivity index (χ4v) is 3.99. The van der Waals surface area contributed by atoms with Crippen LogP contribution in [0.4, 0.5) is 24.8 Å². The molecule has 1 aliphatic carbocycles. The molecule has 2 aromatic carbocycles. The molecule has 0 spiro atoms. The van der Waals surface area contributed by atoms with E-state index in [2.05, 4.69) is 52.4 Å². The number of halogens is 3. The number of nitrogens with one attached hydrogen (secondary N) is 1. The number of alkyl halides is 3. The Hall–Kier alpha value is -3.40. The van der Waals surface area contributed by atoms with Crippen LogP contribution >= 0.6 is 0 Å². The number of fused-ring (bicyclic) bond motifs is 1. The number of hydrogen-bond donors (Lipinski definition) is 2. The lowest BCUT2D eigenvalue weighted by molar-refractivity contribution is -0.192. The van der Waals surface area contributed by atoms with Gasteiger partial charge in [0, 0.05) is 38.8 Å². The summed E-state index contributed by atoms with van der Waals surface area (Å²) in [5.41, 5.74) is 4.75. The van der Waals surface area contributed by atoms with Gasteiger partial charge in [0.05, 0.1) is 11.0 Å². The van der Waals surface area contributed by atoms with Crippen molar-refractivity contribution in [2.75, 3.05) is 36.4 Å². The molecule has 1 saturated heterocycles. The smallest absolute Gasteiger partial charge is 0.475 e. The number of piperazine rings is 1. The second-order valence-corrected chi connectivity index (χ2v) is 9.04. The Morgan fingerprint density at radius 1 is 0.972 bits per heavy atom. The molecule has 1 aromatic heterocycles. The van der Waals surface area contributed by atoms with Crippen molar-refractivity contribution < 1.29 is 23.1 Å². The number of anilines is 2. The minimum Gasteiger partial charge on any atom is -0.475 e. The number of carboxylic acids is 1. The number of benzene rings is 2. The minimum atomic E-state index is -5.08. The van der Waals surface area contributed by atoms with Crippen molar-refractivity contribution in [3.63, 3.8) is 0 Å². The van der Waals surface area contributed by atoms with Crippen LogP contribution in [0.1, 0.15) is 30.9 Å². The molecule has 0 unspecified atom stereocenters. The quantitative estimate of drug-likeness (QED) is 0.506. The number of aromatic nitrogens is 2. The summed E-state index contributed by atoms with van der Waals surface area (Å²) in [4.78, 5) is 23.7. The van der Waals surface area contributed by atoms with Crippen LogP contribution in [0.2, 0.25) is 0 Å². The molecular weight excluding hydrogens is 471 g/mol. The van der Waals surface area contributed by atoms with Gasteiger partial charge in [-0.05, 0) is 42.5 Å². The van der Waals surface area contributed by atoms with Crippen LogP contribution in [0.15, 0.2) is 48.5 Å². The highest BCUT2D eigenvalue weighted by molar-refractivity contribution is 5.80. The summed E-state index contributed by atoms with van der Waals surface area (Å²) < 4.78 is 31.7. The summed E-state index contributed by atoms with van der Waals surface area (Å²) in [6.07, 6.45) is -1.51. The molecule has 192 valence electrons. The number of carboxylic acid groups (broad SMARTS) is 1. The Morgan fingerprint density at radius 3 is 2.06 bits per heavy atom. The molecule has 2 N–H and O–H groups in total. The molecule has 2 aliphatic rings. The Labute approximate surface area is 208 Å². The lowest BCUT2D eigenvalue weighted by Gasteiger charge is -2.36. The number of para-hydroxylation sites is 2. The van der Waals surface area contributed by atoms with Gasteiger partial charge >= 0.3 is 12.1 Å². The standard InChI is InChI=1S/C24H29N5.C2HF3O2/c1-2-18-7-9-19(10-8-18)17-28-13-15-29(16-14-28)24-23(25-20-11-12-20)26-21-5-3-4-6-22(21)27-24;3-2(4,5)1(6)7/h3-10,20H,2,11-17H2,1H3,(H,25,26);(H,6,7). The summed E-state index contributed by atoms with van der Waals surface area (Å²) >= 11 is 0. The van der Waals surface area contributed by atoms with Crippen LogP contribution in [0, 0.1) is 0 Å². The van der Waals surface area contributed by atoms with Crippen molar-refractivity contribution in [3.05, 3.63) is 59.7 Å². The molecule has 2 fully saturated rings.